The molecule has 0 aliphatic heterocycles. The fourth-order valence-corrected chi connectivity index (χ4v) is 4.58. The minimum atomic E-state index is -1.20. The van der Waals surface area contributed by atoms with Crippen LogP contribution in [0.3, 0.4) is 0 Å². The highest BCUT2D eigenvalue weighted by Crippen LogP contribution is 2.43. The van der Waals surface area contributed by atoms with Gasteiger partial charge in [0.15, 0.2) is 6.10 Å². The number of esters is 1. The third-order valence-corrected chi connectivity index (χ3v) is 6.69. The van der Waals surface area contributed by atoms with E-state index < -0.39 is 22.9 Å². The minimum Gasteiger partial charge on any atom is -0.495 e. The van der Waals surface area contributed by atoms with E-state index in [1.54, 1.807) is 12.1 Å². The number of hydrogen-bond donors (Lipinski definition) is 1. The summed E-state index contributed by atoms with van der Waals surface area (Å²) >= 11 is 19.6. The molecule has 0 fully saturated rings. The number of carbonyl (C=O) groups is 2. The molecule has 0 aliphatic carbocycles. The lowest BCUT2D eigenvalue weighted by atomic mass is 10.2. The van der Waals surface area contributed by atoms with Crippen molar-refractivity contribution >= 4 is 79.5 Å². The maximum absolute atomic E-state index is 12.6. The summed E-state index contributed by atoms with van der Waals surface area (Å²) in [4.78, 5) is 35.2. The number of hydrogen-bond acceptors (Lipinski definition) is 7. The maximum atomic E-state index is 12.6. The van der Waals surface area contributed by atoms with Crippen molar-refractivity contribution in [2.45, 2.75) is 13.0 Å². The summed E-state index contributed by atoms with van der Waals surface area (Å²) in [6, 6.07) is 6.87. The number of nitro benzene ring substituents is 1. The SMILES string of the molecule is COc1ccc2c(Cl)c(C(=O)OC(C)C(=O)Nc3ccc([N+](=O)[O-])cc3Cl)sc2c1Cl. The topological polar surface area (TPSA) is 108 Å². The van der Waals surface area contributed by atoms with E-state index in [-0.39, 0.29) is 26.3 Å². The molecule has 0 radical (unpaired) electrons. The first-order valence-electron chi connectivity index (χ1n) is 8.54. The van der Waals surface area contributed by atoms with Gasteiger partial charge in [-0.3, -0.25) is 14.9 Å². The first kappa shape index (κ1) is 23.1. The van der Waals surface area contributed by atoms with Crippen molar-refractivity contribution in [3.05, 3.63) is 60.4 Å². The molecule has 1 N–H and O–H groups in total. The average molecular weight is 504 g/mol. The third kappa shape index (κ3) is 4.69. The van der Waals surface area contributed by atoms with Crippen LogP contribution in [0.4, 0.5) is 11.4 Å². The Morgan fingerprint density at radius 2 is 1.87 bits per heavy atom. The summed E-state index contributed by atoms with van der Waals surface area (Å²) in [5.74, 6) is -1.06. The number of fused-ring (bicyclic) bond motifs is 1. The molecule has 3 aromatic rings. The van der Waals surface area contributed by atoms with E-state index in [4.69, 9.17) is 44.3 Å². The van der Waals surface area contributed by atoms with Gasteiger partial charge in [0.05, 0.1) is 32.5 Å². The molecule has 8 nitrogen and oxygen atoms in total. The number of amides is 1. The number of methoxy groups -OCH3 is 1. The summed E-state index contributed by atoms with van der Waals surface area (Å²) < 4.78 is 10.9. The quantitative estimate of drug-likeness (QED) is 0.252. The number of ether oxygens (including phenoxy) is 2. The fraction of sp³-hybridized carbons (Fsp3) is 0.158. The molecule has 3 rings (SSSR count). The third-order valence-electron chi connectivity index (χ3n) is 4.18. The first-order chi connectivity index (χ1) is 14.6. The number of carbonyl (C=O) groups excluding carboxylic acids is 2. The van der Waals surface area contributed by atoms with Gasteiger partial charge in [-0.05, 0) is 25.1 Å². The lowest BCUT2D eigenvalue weighted by molar-refractivity contribution is -0.384. The number of halogens is 3. The number of rotatable bonds is 6. The molecule has 1 heterocycles. The standard InChI is InChI=1S/C19H13Cl3N2O6S/c1-8(18(25)23-12-5-3-9(24(27)28)7-11(12)20)30-19(26)17-14(21)10-4-6-13(29-2)15(22)16(10)31-17/h3-8H,1-2H3,(H,23,25). The molecule has 2 aromatic carbocycles. The number of non-ortho nitro benzene ring substituents is 1. The monoisotopic (exact) mass is 502 g/mol. The van der Waals surface area contributed by atoms with Crippen molar-refractivity contribution in [3.8, 4) is 5.75 Å². The second-order valence-electron chi connectivity index (χ2n) is 6.16. The van der Waals surface area contributed by atoms with E-state index >= 15 is 0 Å². The van der Waals surface area contributed by atoms with Gasteiger partial charge >= 0.3 is 5.97 Å². The van der Waals surface area contributed by atoms with Crippen LogP contribution in [0.2, 0.25) is 15.1 Å². The van der Waals surface area contributed by atoms with Crippen LogP contribution in [-0.4, -0.2) is 30.0 Å². The number of benzene rings is 2. The van der Waals surface area contributed by atoms with Gasteiger partial charge in [0.25, 0.3) is 11.6 Å². The molecule has 0 spiro atoms. The second-order valence-corrected chi connectivity index (χ2v) is 8.35. The summed E-state index contributed by atoms with van der Waals surface area (Å²) in [5.41, 5.74) is -0.0869. The largest absolute Gasteiger partial charge is 0.495 e. The van der Waals surface area contributed by atoms with Crippen molar-refractivity contribution in [1.29, 1.82) is 0 Å². The molecular weight excluding hydrogens is 491 g/mol. The lowest BCUT2D eigenvalue weighted by Gasteiger charge is -2.13. The van der Waals surface area contributed by atoms with Crippen LogP contribution in [0, 0.1) is 10.1 Å². The number of anilines is 1. The van der Waals surface area contributed by atoms with Crippen LogP contribution in [0.25, 0.3) is 10.1 Å². The molecule has 0 aliphatic rings. The molecule has 1 atom stereocenters. The van der Waals surface area contributed by atoms with Crippen molar-refractivity contribution in [1.82, 2.24) is 0 Å². The summed E-state index contributed by atoms with van der Waals surface area (Å²) in [5, 5.41) is 14.2. The minimum absolute atomic E-state index is 0.0304. The Hall–Kier alpha value is -2.59. The molecule has 1 aromatic heterocycles. The molecular formula is C19H13Cl3N2O6S. The summed E-state index contributed by atoms with van der Waals surface area (Å²) in [7, 11) is 1.47. The normalized spacial score (nSPS) is 11.8. The summed E-state index contributed by atoms with van der Waals surface area (Å²) in [6.45, 7) is 1.36. The number of nitro groups is 1. The van der Waals surface area contributed by atoms with Gasteiger partial charge < -0.3 is 14.8 Å². The average Bonchev–Trinajstić information content (AvgIpc) is 3.07. The Labute approximate surface area is 194 Å². The van der Waals surface area contributed by atoms with E-state index in [0.717, 1.165) is 17.4 Å². The van der Waals surface area contributed by atoms with Crippen molar-refractivity contribution in [2.24, 2.45) is 0 Å². The molecule has 0 saturated carbocycles. The van der Waals surface area contributed by atoms with Gasteiger partial charge in [-0.25, -0.2) is 4.79 Å². The Morgan fingerprint density at radius 1 is 1.16 bits per heavy atom. The number of nitrogens with zero attached hydrogens (tertiary/aromatic N) is 1. The van der Waals surface area contributed by atoms with Gasteiger partial charge in [0.2, 0.25) is 0 Å². The van der Waals surface area contributed by atoms with E-state index in [1.165, 1.54) is 26.2 Å². The van der Waals surface area contributed by atoms with Gasteiger partial charge in [0, 0.05) is 17.5 Å². The van der Waals surface area contributed by atoms with Crippen molar-refractivity contribution in [2.75, 3.05) is 12.4 Å². The van der Waals surface area contributed by atoms with Crippen LogP contribution in [0.15, 0.2) is 30.3 Å². The number of thiophene rings is 1. The van der Waals surface area contributed by atoms with Crippen LogP contribution in [-0.2, 0) is 9.53 Å². The maximum Gasteiger partial charge on any atom is 0.350 e. The smallest absolute Gasteiger partial charge is 0.350 e. The lowest BCUT2D eigenvalue weighted by Crippen LogP contribution is -2.30. The Morgan fingerprint density at radius 3 is 2.48 bits per heavy atom. The van der Waals surface area contributed by atoms with Crippen LogP contribution in [0.5, 0.6) is 5.75 Å². The highest BCUT2D eigenvalue weighted by atomic mass is 35.5. The first-order valence-corrected chi connectivity index (χ1v) is 10.5. The Kier molecular flexibility index (Phi) is 6.90. The predicted molar refractivity (Wildman–Crippen MR) is 120 cm³/mol. The van der Waals surface area contributed by atoms with E-state index in [9.17, 15) is 19.7 Å². The van der Waals surface area contributed by atoms with E-state index in [0.29, 0.717) is 20.9 Å². The van der Waals surface area contributed by atoms with Crippen LogP contribution in [0.1, 0.15) is 16.6 Å². The van der Waals surface area contributed by atoms with Crippen molar-refractivity contribution < 1.29 is 24.0 Å². The fourth-order valence-electron chi connectivity index (χ4n) is 2.59. The van der Waals surface area contributed by atoms with Crippen LogP contribution < -0.4 is 10.1 Å². The Bertz CT molecular complexity index is 1210. The molecule has 31 heavy (non-hydrogen) atoms. The molecule has 0 saturated heterocycles. The predicted octanol–water partition coefficient (Wildman–Crippen LogP) is 5.96. The van der Waals surface area contributed by atoms with Gasteiger partial charge in [-0.1, -0.05) is 34.8 Å². The summed E-state index contributed by atoms with van der Waals surface area (Å²) in [6.07, 6.45) is -1.20. The van der Waals surface area contributed by atoms with E-state index in [2.05, 4.69) is 5.32 Å². The highest BCUT2D eigenvalue weighted by Gasteiger charge is 2.25. The van der Waals surface area contributed by atoms with Gasteiger partial charge in [0.1, 0.15) is 15.6 Å². The zero-order chi connectivity index (χ0) is 22.9. The molecule has 0 bridgehead atoms. The highest BCUT2D eigenvalue weighted by molar-refractivity contribution is 7.22. The van der Waals surface area contributed by atoms with Gasteiger partial charge in [-0.15, -0.1) is 11.3 Å². The second kappa shape index (κ2) is 9.27. The molecule has 162 valence electrons. The molecule has 12 heteroatoms. The molecule has 1 amide bonds. The number of nitrogens with one attached hydrogen (secondary N) is 1. The zero-order valence-corrected chi connectivity index (χ0v) is 19.0. The Balaban J connectivity index is 1.76. The molecule has 1 unspecified atom stereocenters. The zero-order valence-electron chi connectivity index (χ0n) is 15.9. The van der Waals surface area contributed by atoms with E-state index in [1.807, 2.05) is 0 Å². The van der Waals surface area contributed by atoms with Crippen LogP contribution >= 0.6 is 46.1 Å². The van der Waals surface area contributed by atoms with Crippen molar-refractivity contribution in [3.63, 3.8) is 0 Å². The van der Waals surface area contributed by atoms with Gasteiger partial charge in [-0.2, -0.15) is 0 Å².